The van der Waals surface area contributed by atoms with Crippen molar-refractivity contribution in [2.45, 2.75) is 19.3 Å². The van der Waals surface area contributed by atoms with Gasteiger partial charge in [-0.3, -0.25) is 9.59 Å². The molecule has 1 heterocycles. The molecule has 0 aromatic carbocycles. The van der Waals surface area contributed by atoms with Crippen molar-refractivity contribution in [1.29, 1.82) is 0 Å². The van der Waals surface area contributed by atoms with Crippen LogP contribution in [-0.2, 0) is 14.3 Å². The Morgan fingerprint density at radius 2 is 2.11 bits per heavy atom. The van der Waals surface area contributed by atoms with Gasteiger partial charge in [0.25, 0.3) is 0 Å². The maximum Gasteiger partial charge on any atom is 0.350 e. The van der Waals surface area contributed by atoms with Crippen LogP contribution in [0.25, 0.3) is 0 Å². The molecule has 0 spiro atoms. The van der Waals surface area contributed by atoms with Crippen molar-refractivity contribution in [2.75, 3.05) is 12.4 Å². The van der Waals surface area contributed by atoms with Gasteiger partial charge in [-0.15, -0.1) is 11.3 Å². The van der Waals surface area contributed by atoms with E-state index in [-0.39, 0.29) is 25.2 Å². The summed E-state index contributed by atoms with van der Waals surface area (Å²) < 4.78 is 4.57. The number of carbonyl (C=O) groups excluding carboxylic acids is 2. The molecule has 0 atom stereocenters. The first-order valence-electron chi connectivity index (χ1n) is 5.22. The van der Waals surface area contributed by atoms with Crippen LogP contribution in [0.2, 0.25) is 0 Å². The van der Waals surface area contributed by atoms with E-state index in [9.17, 15) is 14.4 Å². The maximum absolute atomic E-state index is 11.5. The van der Waals surface area contributed by atoms with Crippen LogP contribution in [0.3, 0.4) is 0 Å². The lowest BCUT2D eigenvalue weighted by Crippen LogP contribution is -2.13. The van der Waals surface area contributed by atoms with E-state index in [0.29, 0.717) is 10.6 Å². The fourth-order valence-corrected chi connectivity index (χ4v) is 2.04. The first-order chi connectivity index (χ1) is 8.54. The monoisotopic (exact) mass is 271 g/mol. The lowest BCUT2D eigenvalue weighted by atomic mass is 10.2. The average Bonchev–Trinajstić information content (AvgIpc) is 2.75. The molecular formula is C11H13NO5S. The van der Waals surface area contributed by atoms with Gasteiger partial charge in [-0.05, 0) is 17.9 Å². The molecule has 98 valence electrons. The number of rotatable bonds is 6. The summed E-state index contributed by atoms with van der Waals surface area (Å²) in [5, 5.41) is 12.7. The molecule has 6 nitrogen and oxygen atoms in total. The van der Waals surface area contributed by atoms with E-state index in [1.807, 2.05) is 0 Å². The van der Waals surface area contributed by atoms with E-state index in [1.165, 1.54) is 18.4 Å². The number of carboxylic acid groups (broad SMARTS) is 1. The van der Waals surface area contributed by atoms with Gasteiger partial charge in [0, 0.05) is 12.8 Å². The van der Waals surface area contributed by atoms with E-state index < -0.39 is 11.9 Å². The molecule has 18 heavy (non-hydrogen) atoms. The Bertz CT molecular complexity index is 454. The quantitative estimate of drug-likeness (QED) is 0.768. The van der Waals surface area contributed by atoms with Crippen LogP contribution < -0.4 is 5.32 Å². The predicted molar refractivity (Wildman–Crippen MR) is 65.8 cm³/mol. The van der Waals surface area contributed by atoms with Crippen molar-refractivity contribution in [3.63, 3.8) is 0 Å². The van der Waals surface area contributed by atoms with Gasteiger partial charge < -0.3 is 15.2 Å². The van der Waals surface area contributed by atoms with Crippen LogP contribution in [0, 0.1) is 0 Å². The van der Waals surface area contributed by atoms with E-state index in [4.69, 9.17) is 5.11 Å². The van der Waals surface area contributed by atoms with Crippen molar-refractivity contribution in [2.24, 2.45) is 0 Å². The second-order valence-corrected chi connectivity index (χ2v) is 4.37. The number of amides is 1. The van der Waals surface area contributed by atoms with E-state index in [0.717, 1.165) is 0 Å². The number of carboxylic acids is 1. The topological polar surface area (TPSA) is 92.7 Å². The zero-order valence-electron chi connectivity index (χ0n) is 9.76. The normalized spacial score (nSPS) is 9.83. The highest BCUT2D eigenvalue weighted by molar-refractivity contribution is 7.12. The number of methoxy groups -OCH3 is 1. The number of hydrogen-bond donors (Lipinski definition) is 2. The summed E-state index contributed by atoms with van der Waals surface area (Å²) in [5.74, 6) is -1.76. The van der Waals surface area contributed by atoms with Crippen molar-refractivity contribution in [3.05, 3.63) is 16.3 Å². The van der Waals surface area contributed by atoms with Gasteiger partial charge in [-0.2, -0.15) is 0 Å². The van der Waals surface area contributed by atoms with E-state index in [1.54, 1.807) is 11.4 Å². The molecule has 2 N–H and O–H groups in total. The number of ether oxygens (including phenoxy) is 1. The highest BCUT2D eigenvalue weighted by atomic mass is 32.1. The Hall–Kier alpha value is -1.89. The molecule has 0 fully saturated rings. The van der Waals surface area contributed by atoms with Crippen LogP contribution in [0.1, 0.15) is 28.9 Å². The fraction of sp³-hybridized carbons (Fsp3) is 0.364. The zero-order chi connectivity index (χ0) is 13.5. The Morgan fingerprint density at radius 1 is 1.39 bits per heavy atom. The largest absolute Gasteiger partial charge is 0.481 e. The van der Waals surface area contributed by atoms with Crippen LogP contribution in [0.4, 0.5) is 5.69 Å². The summed E-state index contributed by atoms with van der Waals surface area (Å²) in [7, 11) is 1.26. The molecule has 1 aromatic rings. The van der Waals surface area contributed by atoms with Crippen LogP contribution >= 0.6 is 11.3 Å². The van der Waals surface area contributed by atoms with Gasteiger partial charge in [0.2, 0.25) is 5.91 Å². The summed E-state index contributed by atoms with van der Waals surface area (Å²) in [6.45, 7) is 0. The smallest absolute Gasteiger partial charge is 0.350 e. The highest BCUT2D eigenvalue weighted by Crippen LogP contribution is 2.23. The van der Waals surface area contributed by atoms with Gasteiger partial charge in [-0.1, -0.05) is 0 Å². The number of nitrogens with one attached hydrogen (secondary N) is 1. The molecule has 1 amide bonds. The van der Waals surface area contributed by atoms with Crippen molar-refractivity contribution in [1.82, 2.24) is 0 Å². The molecule has 0 aliphatic rings. The predicted octanol–water partition coefficient (Wildman–Crippen LogP) is 1.73. The molecule has 0 unspecified atom stereocenters. The molecule has 0 bridgehead atoms. The highest BCUT2D eigenvalue weighted by Gasteiger charge is 2.15. The molecule has 1 aromatic heterocycles. The zero-order valence-corrected chi connectivity index (χ0v) is 10.6. The summed E-state index contributed by atoms with van der Waals surface area (Å²) in [5.41, 5.74) is 0.396. The number of anilines is 1. The first-order valence-corrected chi connectivity index (χ1v) is 6.10. The molecule has 0 aliphatic heterocycles. The van der Waals surface area contributed by atoms with Crippen LogP contribution in [-0.4, -0.2) is 30.1 Å². The fourth-order valence-electron chi connectivity index (χ4n) is 1.27. The Labute approximate surface area is 108 Å². The minimum absolute atomic E-state index is 0.0546. The van der Waals surface area contributed by atoms with Gasteiger partial charge in [0.15, 0.2) is 0 Å². The van der Waals surface area contributed by atoms with Crippen molar-refractivity contribution < 1.29 is 24.2 Å². The van der Waals surface area contributed by atoms with Gasteiger partial charge in [0.1, 0.15) is 4.88 Å². The van der Waals surface area contributed by atoms with Crippen LogP contribution in [0.5, 0.6) is 0 Å². The van der Waals surface area contributed by atoms with Gasteiger partial charge in [-0.25, -0.2) is 4.79 Å². The van der Waals surface area contributed by atoms with E-state index in [2.05, 4.69) is 10.1 Å². The number of thiophene rings is 1. The second-order valence-electron chi connectivity index (χ2n) is 3.45. The lowest BCUT2D eigenvalue weighted by Gasteiger charge is -2.04. The molecule has 1 rings (SSSR count). The summed E-state index contributed by atoms with van der Waals surface area (Å²) in [6, 6.07) is 1.60. The van der Waals surface area contributed by atoms with Gasteiger partial charge >= 0.3 is 11.9 Å². The standard InChI is InChI=1S/C11H13NO5S/c1-17-11(16)10-7(5-6-18-10)12-8(13)3-2-4-9(14)15/h5-6H,2-4H2,1H3,(H,12,13)(H,14,15). The first kappa shape index (κ1) is 14.2. The van der Waals surface area contributed by atoms with E-state index >= 15 is 0 Å². The number of esters is 1. The minimum atomic E-state index is -0.936. The second kappa shape index (κ2) is 6.75. The molecule has 7 heteroatoms. The third-order valence-electron chi connectivity index (χ3n) is 2.10. The summed E-state index contributed by atoms with van der Waals surface area (Å²) in [6.07, 6.45) is 0.308. The van der Waals surface area contributed by atoms with Crippen LogP contribution in [0.15, 0.2) is 11.4 Å². The third-order valence-corrected chi connectivity index (χ3v) is 3.00. The third kappa shape index (κ3) is 4.17. The minimum Gasteiger partial charge on any atom is -0.481 e. The van der Waals surface area contributed by atoms with Gasteiger partial charge in [0.05, 0.1) is 12.8 Å². The van der Waals surface area contributed by atoms with Crippen molar-refractivity contribution >= 4 is 34.9 Å². The Balaban J connectivity index is 2.52. The van der Waals surface area contributed by atoms with Crippen molar-refractivity contribution in [3.8, 4) is 0 Å². The Kier molecular flexibility index (Phi) is 5.31. The number of aliphatic carboxylic acids is 1. The maximum atomic E-state index is 11.5. The molecule has 0 saturated carbocycles. The summed E-state index contributed by atoms with van der Waals surface area (Å²) in [4.78, 5) is 33.5. The lowest BCUT2D eigenvalue weighted by molar-refractivity contribution is -0.137. The molecule has 0 saturated heterocycles. The molecule has 0 radical (unpaired) electrons. The molecule has 0 aliphatic carbocycles. The number of hydrogen-bond acceptors (Lipinski definition) is 5. The number of carbonyl (C=O) groups is 3. The average molecular weight is 271 g/mol. The molecular weight excluding hydrogens is 258 g/mol. The summed E-state index contributed by atoms with van der Waals surface area (Å²) >= 11 is 1.17. The SMILES string of the molecule is COC(=O)c1sccc1NC(=O)CCCC(=O)O. The Morgan fingerprint density at radius 3 is 2.72 bits per heavy atom.